The minimum absolute atomic E-state index is 0.0117. The molecule has 0 aliphatic rings. The molecule has 0 aromatic heterocycles. The second kappa shape index (κ2) is 11.8. The molecule has 0 radical (unpaired) electrons. The SMILES string of the molecule is CC[C@@H](C)c1ccc(OCC(=O)N/N=C/c2cc(N=Nc3ccccc3Cl)ccc2O)cc1. The maximum atomic E-state index is 12.0. The molecule has 2 N–H and O–H groups in total. The Kier molecular flexibility index (Phi) is 8.55. The Labute approximate surface area is 197 Å². The Morgan fingerprint density at radius 2 is 1.88 bits per heavy atom. The second-order valence-electron chi connectivity index (χ2n) is 7.35. The summed E-state index contributed by atoms with van der Waals surface area (Å²) in [5, 5.41) is 22.6. The third kappa shape index (κ3) is 7.15. The molecule has 0 unspecified atom stereocenters. The van der Waals surface area contributed by atoms with Crippen LogP contribution in [0, 0.1) is 0 Å². The number of nitrogens with zero attached hydrogens (tertiary/aromatic N) is 3. The number of amides is 1. The maximum absolute atomic E-state index is 12.0. The number of azo groups is 1. The van der Waals surface area contributed by atoms with Crippen molar-refractivity contribution < 1.29 is 14.6 Å². The van der Waals surface area contributed by atoms with E-state index in [1.807, 2.05) is 30.3 Å². The zero-order valence-electron chi connectivity index (χ0n) is 18.4. The predicted molar refractivity (Wildman–Crippen MR) is 130 cm³/mol. The van der Waals surface area contributed by atoms with E-state index < -0.39 is 5.91 Å². The summed E-state index contributed by atoms with van der Waals surface area (Å²) in [4.78, 5) is 12.0. The number of hydrogen-bond acceptors (Lipinski definition) is 6. The van der Waals surface area contributed by atoms with Gasteiger partial charge in [-0.1, -0.05) is 49.7 Å². The molecule has 170 valence electrons. The van der Waals surface area contributed by atoms with Gasteiger partial charge in [0, 0.05) is 5.56 Å². The lowest BCUT2D eigenvalue weighted by atomic mass is 9.99. The summed E-state index contributed by atoms with van der Waals surface area (Å²) in [6, 6.07) is 19.4. The zero-order valence-corrected chi connectivity index (χ0v) is 19.2. The number of phenols is 1. The Bertz CT molecular complexity index is 1150. The van der Waals surface area contributed by atoms with E-state index in [-0.39, 0.29) is 12.4 Å². The van der Waals surface area contributed by atoms with E-state index in [4.69, 9.17) is 16.3 Å². The van der Waals surface area contributed by atoms with Gasteiger partial charge >= 0.3 is 0 Å². The van der Waals surface area contributed by atoms with Gasteiger partial charge in [-0.2, -0.15) is 10.2 Å². The van der Waals surface area contributed by atoms with Crippen molar-refractivity contribution in [1.29, 1.82) is 0 Å². The number of carbonyl (C=O) groups excluding carboxylic acids is 1. The number of hydrogen-bond donors (Lipinski definition) is 2. The van der Waals surface area contributed by atoms with E-state index in [1.165, 1.54) is 17.8 Å². The Balaban J connectivity index is 1.54. The number of aromatic hydroxyl groups is 1. The fourth-order valence-corrected chi connectivity index (χ4v) is 3.01. The number of benzene rings is 3. The van der Waals surface area contributed by atoms with E-state index in [2.05, 4.69) is 34.6 Å². The third-order valence-corrected chi connectivity index (χ3v) is 5.28. The van der Waals surface area contributed by atoms with Crippen molar-refractivity contribution in [3.8, 4) is 11.5 Å². The molecule has 0 saturated carbocycles. The molecule has 8 heteroatoms. The number of phenolic OH excluding ortho intramolecular Hbond substituents is 1. The van der Waals surface area contributed by atoms with Gasteiger partial charge in [-0.15, -0.1) is 5.11 Å². The third-order valence-electron chi connectivity index (χ3n) is 4.96. The minimum Gasteiger partial charge on any atom is -0.507 e. The topological polar surface area (TPSA) is 95.6 Å². The molecule has 0 saturated heterocycles. The van der Waals surface area contributed by atoms with Gasteiger partial charge < -0.3 is 9.84 Å². The average molecular weight is 465 g/mol. The lowest BCUT2D eigenvalue weighted by Gasteiger charge is -2.10. The first-order chi connectivity index (χ1) is 16.0. The molecule has 3 aromatic carbocycles. The molecule has 1 atom stereocenters. The van der Waals surface area contributed by atoms with Crippen LogP contribution < -0.4 is 10.2 Å². The molecule has 0 heterocycles. The molecule has 0 aliphatic heterocycles. The summed E-state index contributed by atoms with van der Waals surface area (Å²) in [7, 11) is 0. The van der Waals surface area contributed by atoms with Crippen LogP contribution in [0.25, 0.3) is 0 Å². The van der Waals surface area contributed by atoms with E-state index in [9.17, 15) is 9.90 Å². The highest BCUT2D eigenvalue weighted by Crippen LogP contribution is 2.28. The lowest BCUT2D eigenvalue weighted by molar-refractivity contribution is -0.123. The van der Waals surface area contributed by atoms with Crippen molar-refractivity contribution in [1.82, 2.24) is 5.43 Å². The number of ether oxygens (including phenoxy) is 1. The smallest absolute Gasteiger partial charge is 0.277 e. The highest BCUT2D eigenvalue weighted by atomic mass is 35.5. The van der Waals surface area contributed by atoms with Crippen molar-refractivity contribution in [2.45, 2.75) is 26.2 Å². The van der Waals surface area contributed by atoms with E-state index in [0.29, 0.717) is 33.6 Å². The number of hydrazone groups is 1. The standard InChI is InChI=1S/C25H25ClN4O3/c1-3-17(2)18-8-11-21(12-9-18)33-16-25(32)30-27-15-19-14-20(10-13-24(19)31)28-29-23-7-5-4-6-22(23)26/h4-15,17,31H,3,16H2,1-2H3,(H,30,32)/b27-15+,29-28?/t17-/m1/s1. The number of carbonyl (C=O) groups is 1. The molecule has 7 nitrogen and oxygen atoms in total. The van der Waals surface area contributed by atoms with Crippen molar-refractivity contribution >= 4 is 35.1 Å². The predicted octanol–water partition coefficient (Wildman–Crippen LogP) is 6.50. The van der Waals surface area contributed by atoms with Crippen LogP contribution in [0.2, 0.25) is 5.02 Å². The normalized spacial score (nSPS) is 12.2. The molecule has 0 fully saturated rings. The Morgan fingerprint density at radius 1 is 1.12 bits per heavy atom. The Hall–Kier alpha value is -3.71. The van der Waals surface area contributed by atoms with Crippen LogP contribution in [0.4, 0.5) is 11.4 Å². The summed E-state index contributed by atoms with van der Waals surface area (Å²) in [6.45, 7) is 4.12. The highest BCUT2D eigenvalue weighted by molar-refractivity contribution is 6.32. The van der Waals surface area contributed by atoms with E-state index in [0.717, 1.165) is 6.42 Å². The van der Waals surface area contributed by atoms with Crippen LogP contribution in [-0.2, 0) is 4.79 Å². The van der Waals surface area contributed by atoms with Gasteiger partial charge in [0.2, 0.25) is 0 Å². The zero-order chi connectivity index (χ0) is 23.6. The van der Waals surface area contributed by atoms with Gasteiger partial charge in [0.05, 0.1) is 16.9 Å². The van der Waals surface area contributed by atoms with Gasteiger partial charge in [-0.3, -0.25) is 4.79 Å². The number of rotatable bonds is 9. The monoisotopic (exact) mass is 464 g/mol. The first-order valence-corrected chi connectivity index (χ1v) is 10.9. The van der Waals surface area contributed by atoms with Crippen molar-refractivity contribution in [2.75, 3.05) is 6.61 Å². The fourth-order valence-electron chi connectivity index (χ4n) is 2.84. The van der Waals surface area contributed by atoms with Crippen LogP contribution in [0.15, 0.2) is 82.1 Å². The molecule has 3 rings (SSSR count). The summed E-state index contributed by atoms with van der Waals surface area (Å²) < 4.78 is 5.49. The minimum atomic E-state index is -0.425. The quantitative estimate of drug-likeness (QED) is 0.215. The molecule has 3 aromatic rings. The average Bonchev–Trinajstić information content (AvgIpc) is 2.83. The van der Waals surface area contributed by atoms with Gasteiger partial charge in [0.15, 0.2) is 6.61 Å². The number of halogens is 1. The summed E-state index contributed by atoms with van der Waals surface area (Å²) in [5.74, 6) is 0.647. The fraction of sp³-hybridized carbons (Fsp3) is 0.200. The number of nitrogens with one attached hydrogen (secondary N) is 1. The molecule has 0 spiro atoms. The van der Waals surface area contributed by atoms with Crippen molar-refractivity contribution in [3.63, 3.8) is 0 Å². The van der Waals surface area contributed by atoms with Crippen LogP contribution in [-0.4, -0.2) is 23.8 Å². The van der Waals surface area contributed by atoms with Crippen LogP contribution in [0.1, 0.15) is 37.3 Å². The van der Waals surface area contributed by atoms with Gasteiger partial charge in [-0.25, -0.2) is 5.43 Å². The molecule has 0 bridgehead atoms. The summed E-state index contributed by atoms with van der Waals surface area (Å²) in [6.07, 6.45) is 2.38. The first-order valence-electron chi connectivity index (χ1n) is 10.5. The lowest BCUT2D eigenvalue weighted by Crippen LogP contribution is -2.24. The summed E-state index contributed by atoms with van der Waals surface area (Å²) >= 11 is 6.07. The molecule has 33 heavy (non-hydrogen) atoms. The van der Waals surface area contributed by atoms with Crippen LogP contribution >= 0.6 is 11.6 Å². The molecule has 1 amide bonds. The second-order valence-corrected chi connectivity index (χ2v) is 7.76. The van der Waals surface area contributed by atoms with E-state index in [1.54, 1.807) is 30.3 Å². The Morgan fingerprint density at radius 3 is 2.61 bits per heavy atom. The van der Waals surface area contributed by atoms with E-state index >= 15 is 0 Å². The van der Waals surface area contributed by atoms with Gasteiger partial charge in [0.25, 0.3) is 5.91 Å². The van der Waals surface area contributed by atoms with Crippen LogP contribution in [0.5, 0.6) is 11.5 Å². The summed E-state index contributed by atoms with van der Waals surface area (Å²) in [5.41, 5.74) is 4.99. The van der Waals surface area contributed by atoms with Crippen LogP contribution in [0.3, 0.4) is 0 Å². The molecular formula is C25H25ClN4O3. The van der Waals surface area contributed by atoms with Gasteiger partial charge in [-0.05, 0) is 60.4 Å². The largest absolute Gasteiger partial charge is 0.507 e. The van der Waals surface area contributed by atoms with Crippen molar-refractivity contribution in [3.05, 3.63) is 82.9 Å². The van der Waals surface area contributed by atoms with Gasteiger partial charge in [0.1, 0.15) is 17.2 Å². The highest BCUT2D eigenvalue weighted by Gasteiger charge is 2.06. The maximum Gasteiger partial charge on any atom is 0.277 e. The molecule has 0 aliphatic carbocycles. The first kappa shape index (κ1) is 23.9. The molecular weight excluding hydrogens is 440 g/mol. The van der Waals surface area contributed by atoms with Crippen molar-refractivity contribution in [2.24, 2.45) is 15.3 Å².